The number of nitrogens with one attached hydrogen (secondary N) is 1. The standard InChI is InChI=1S/C32H34N2O2.Cu/c1-20(2)29-25(24-11-7-9-13-27(24)35-5)19-23-16-15-22-17-18-32(21(3)4,34-31(22)30(23)33-29)26-12-8-10-14-28(26)36-6;/h7-21,34H,1-6H3;. The van der Waals surface area contributed by atoms with Gasteiger partial charge in [-0.1, -0.05) is 88.4 Å². The number of para-hydroxylation sites is 2. The molecule has 4 nitrogen and oxygen atoms in total. The minimum Gasteiger partial charge on any atom is -0.496 e. The fraction of sp³-hybridized carbons (Fsp3) is 0.281. The fourth-order valence-electron chi connectivity index (χ4n) is 5.32. The van der Waals surface area contributed by atoms with Crippen LogP contribution in [-0.4, -0.2) is 19.2 Å². The van der Waals surface area contributed by atoms with Crippen LogP contribution in [-0.2, 0) is 22.6 Å². The number of hydrogen-bond acceptors (Lipinski definition) is 4. The van der Waals surface area contributed by atoms with Crippen LogP contribution in [0.1, 0.15) is 50.4 Å². The maximum Gasteiger partial charge on any atom is 0.126 e. The van der Waals surface area contributed by atoms with Gasteiger partial charge in [-0.15, -0.1) is 0 Å². The first-order valence-electron chi connectivity index (χ1n) is 12.6. The average molecular weight is 542 g/mol. The monoisotopic (exact) mass is 541 g/mol. The van der Waals surface area contributed by atoms with Crippen molar-refractivity contribution in [2.75, 3.05) is 19.5 Å². The van der Waals surface area contributed by atoms with Crippen LogP contribution in [0.5, 0.6) is 11.5 Å². The molecule has 0 spiro atoms. The Kier molecular flexibility index (Phi) is 7.68. The summed E-state index contributed by atoms with van der Waals surface area (Å²) in [4.78, 5) is 5.32. The van der Waals surface area contributed by atoms with Crippen molar-refractivity contribution in [1.29, 1.82) is 0 Å². The Bertz CT molecular complexity index is 1460. The van der Waals surface area contributed by atoms with Gasteiger partial charge >= 0.3 is 0 Å². The molecule has 0 saturated carbocycles. The Labute approximate surface area is 230 Å². The van der Waals surface area contributed by atoms with Crippen molar-refractivity contribution in [3.05, 3.63) is 89.6 Å². The smallest absolute Gasteiger partial charge is 0.126 e. The number of hydrogen-bond donors (Lipinski definition) is 1. The second kappa shape index (κ2) is 10.6. The van der Waals surface area contributed by atoms with Crippen molar-refractivity contribution in [3.8, 4) is 22.6 Å². The van der Waals surface area contributed by atoms with E-state index in [-0.39, 0.29) is 28.9 Å². The largest absolute Gasteiger partial charge is 0.496 e. The van der Waals surface area contributed by atoms with E-state index in [0.29, 0.717) is 0 Å². The molecule has 0 saturated heterocycles. The van der Waals surface area contributed by atoms with Crippen molar-refractivity contribution in [1.82, 2.24) is 4.98 Å². The van der Waals surface area contributed by atoms with Gasteiger partial charge in [0, 0.05) is 39.1 Å². The third kappa shape index (κ3) is 4.52. The maximum atomic E-state index is 5.78. The molecule has 195 valence electrons. The van der Waals surface area contributed by atoms with Gasteiger partial charge in [0.1, 0.15) is 11.5 Å². The molecule has 1 atom stereocenters. The number of fused-ring (bicyclic) bond motifs is 3. The van der Waals surface area contributed by atoms with Crippen LogP contribution in [0.4, 0.5) is 5.69 Å². The first-order chi connectivity index (χ1) is 17.4. The number of pyridine rings is 1. The van der Waals surface area contributed by atoms with Gasteiger partial charge in [-0.3, -0.25) is 0 Å². The fourth-order valence-corrected chi connectivity index (χ4v) is 5.32. The summed E-state index contributed by atoms with van der Waals surface area (Å²) < 4.78 is 11.5. The van der Waals surface area contributed by atoms with Crippen molar-refractivity contribution < 1.29 is 26.5 Å². The van der Waals surface area contributed by atoms with Crippen LogP contribution in [0, 0.1) is 5.92 Å². The first kappa shape index (κ1) is 26.8. The van der Waals surface area contributed by atoms with E-state index in [1.165, 1.54) is 0 Å². The molecule has 0 bridgehead atoms. The van der Waals surface area contributed by atoms with E-state index in [1.807, 2.05) is 24.3 Å². The molecule has 4 aromatic rings. The number of benzene rings is 3. The maximum absolute atomic E-state index is 5.78. The summed E-state index contributed by atoms with van der Waals surface area (Å²) in [6, 6.07) is 23.0. The normalized spacial score (nSPS) is 16.3. The Morgan fingerprint density at radius 2 is 1.49 bits per heavy atom. The number of rotatable bonds is 6. The van der Waals surface area contributed by atoms with Crippen molar-refractivity contribution in [3.63, 3.8) is 0 Å². The van der Waals surface area contributed by atoms with Gasteiger partial charge in [0.2, 0.25) is 0 Å². The predicted octanol–water partition coefficient (Wildman–Crippen LogP) is 8.03. The molecule has 37 heavy (non-hydrogen) atoms. The van der Waals surface area contributed by atoms with Gasteiger partial charge in [-0.25, -0.2) is 4.98 Å². The zero-order chi connectivity index (χ0) is 25.4. The summed E-state index contributed by atoms with van der Waals surface area (Å²) in [5.74, 6) is 2.25. The van der Waals surface area contributed by atoms with Crippen LogP contribution in [0.15, 0.2) is 72.8 Å². The Morgan fingerprint density at radius 1 is 0.811 bits per heavy atom. The summed E-state index contributed by atoms with van der Waals surface area (Å²) in [6.07, 6.45) is 4.50. The van der Waals surface area contributed by atoms with E-state index in [9.17, 15) is 0 Å². The number of nitrogens with zero attached hydrogens (tertiary/aromatic N) is 1. The first-order valence-corrected chi connectivity index (χ1v) is 12.6. The molecule has 0 fully saturated rings. The summed E-state index contributed by atoms with van der Waals surface area (Å²) >= 11 is 0. The Balaban J connectivity index is 0.00000320. The van der Waals surface area contributed by atoms with Gasteiger partial charge in [0.05, 0.1) is 36.7 Å². The topological polar surface area (TPSA) is 43.4 Å². The van der Waals surface area contributed by atoms with Crippen molar-refractivity contribution >= 4 is 22.7 Å². The van der Waals surface area contributed by atoms with Crippen molar-refractivity contribution in [2.24, 2.45) is 5.92 Å². The Hall–Kier alpha value is -3.27. The van der Waals surface area contributed by atoms with E-state index < -0.39 is 5.54 Å². The molecular formula is C32H34CuN2O2. The minimum atomic E-state index is -0.422. The molecule has 5 heteroatoms. The summed E-state index contributed by atoms with van der Waals surface area (Å²) in [6.45, 7) is 8.88. The molecular weight excluding hydrogens is 508 g/mol. The minimum absolute atomic E-state index is 0. The molecule has 3 aromatic carbocycles. The van der Waals surface area contributed by atoms with Crippen LogP contribution < -0.4 is 14.8 Å². The second-order valence-electron chi connectivity index (χ2n) is 10.1. The third-order valence-electron chi connectivity index (χ3n) is 7.31. The van der Waals surface area contributed by atoms with Crippen LogP contribution in [0.2, 0.25) is 0 Å². The molecule has 5 rings (SSSR count). The molecule has 1 N–H and O–H groups in total. The number of anilines is 1. The summed E-state index contributed by atoms with van der Waals surface area (Å²) in [5.41, 5.74) is 7.12. The molecule has 1 aliphatic heterocycles. The van der Waals surface area contributed by atoms with Gasteiger partial charge in [0.25, 0.3) is 0 Å². The molecule has 1 aliphatic rings. The number of ether oxygens (including phenoxy) is 2. The summed E-state index contributed by atoms with van der Waals surface area (Å²) in [5, 5.41) is 5.03. The van der Waals surface area contributed by atoms with Gasteiger partial charge in [-0.05, 0) is 35.6 Å². The van der Waals surface area contributed by atoms with E-state index in [2.05, 4.69) is 87.6 Å². The van der Waals surface area contributed by atoms with E-state index in [0.717, 1.165) is 56.0 Å². The molecule has 1 aromatic heterocycles. The van der Waals surface area contributed by atoms with Gasteiger partial charge in [0.15, 0.2) is 0 Å². The predicted molar refractivity (Wildman–Crippen MR) is 150 cm³/mol. The average Bonchev–Trinajstić information content (AvgIpc) is 2.91. The molecule has 1 radical (unpaired) electrons. The van der Waals surface area contributed by atoms with E-state index in [4.69, 9.17) is 14.5 Å². The van der Waals surface area contributed by atoms with E-state index >= 15 is 0 Å². The second-order valence-corrected chi connectivity index (χ2v) is 10.1. The number of methoxy groups -OCH3 is 2. The zero-order valence-corrected chi connectivity index (χ0v) is 23.2. The quantitative estimate of drug-likeness (QED) is 0.251. The van der Waals surface area contributed by atoms with Crippen LogP contribution in [0.25, 0.3) is 28.1 Å². The Morgan fingerprint density at radius 3 is 2.16 bits per heavy atom. The molecule has 1 unspecified atom stereocenters. The zero-order valence-electron chi connectivity index (χ0n) is 22.2. The van der Waals surface area contributed by atoms with E-state index in [1.54, 1.807) is 14.2 Å². The molecule has 0 amide bonds. The SMILES string of the molecule is COc1ccccc1-c1cc2ccc3c(c2nc1C(C)C)NC(c1ccccc1OC)(C(C)C)C=C3.[Cu]. The van der Waals surface area contributed by atoms with Gasteiger partial charge in [-0.2, -0.15) is 0 Å². The third-order valence-corrected chi connectivity index (χ3v) is 7.31. The van der Waals surface area contributed by atoms with Crippen molar-refractivity contribution in [2.45, 2.75) is 39.2 Å². The molecule has 2 heterocycles. The molecule has 0 aliphatic carbocycles. The van der Waals surface area contributed by atoms with Crippen LogP contribution >= 0.6 is 0 Å². The summed E-state index contributed by atoms with van der Waals surface area (Å²) in [7, 11) is 3.46. The van der Waals surface area contributed by atoms with Crippen LogP contribution in [0.3, 0.4) is 0 Å². The van der Waals surface area contributed by atoms with Gasteiger partial charge < -0.3 is 14.8 Å². The number of aromatic nitrogens is 1.